The summed E-state index contributed by atoms with van der Waals surface area (Å²) >= 11 is 0. The van der Waals surface area contributed by atoms with E-state index in [0.717, 1.165) is 38.5 Å². The van der Waals surface area contributed by atoms with Crippen molar-refractivity contribution in [3.05, 3.63) is 12.2 Å². The number of unbranched alkanes of at least 4 members (excludes halogenated alkanes) is 53. The van der Waals surface area contributed by atoms with Crippen molar-refractivity contribution in [2.24, 2.45) is 0 Å². The number of amides is 1. The van der Waals surface area contributed by atoms with E-state index in [2.05, 4.69) is 19.2 Å². The van der Waals surface area contributed by atoms with Gasteiger partial charge in [0.25, 0.3) is 0 Å². The second-order valence-electron chi connectivity index (χ2n) is 25.0. The Morgan fingerprint density at radius 2 is 0.696 bits per heavy atom. The molecule has 470 valence electrons. The highest BCUT2D eigenvalue weighted by Gasteiger charge is 2.44. The van der Waals surface area contributed by atoms with Gasteiger partial charge < -0.3 is 40.3 Å². The largest absolute Gasteiger partial charge is 0.394 e. The lowest BCUT2D eigenvalue weighted by molar-refractivity contribution is -0.302. The van der Waals surface area contributed by atoms with Crippen molar-refractivity contribution in [3.63, 3.8) is 0 Å². The second-order valence-corrected chi connectivity index (χ2v) is 25.0. The third kappa shape index (κ3) is 49.0. The predicted octanol–water partition coefficient (Wildman–Crippen LogP) is 19.1. The summed E-state index contributed by atoms with van der Waals surface area (Å²) in [5.41, 5.74) is 0. The second kappa shape index (κ2) is 60.1. The van der Waals surface area contributed by atoms with E-state index in [0.29, 0.717) is 6.42 Å². The molecule has 0 spiro atoms. The minimum Gasteiger partial charge on any atom is -0.394 e. The van der Waals surface area contributed by atoms with Crippen LogP contribution in [0.4, 0.5) is 0 Å². The van der Waals surface area contributed by atoms with Crippen molar-refractivity contribution in [2.45, 2.75) is 416 Å². The van der Waals surface area contributed by atoms with Crippen molar-refractivity contribution < 1.29 is 39.8 Å². The fraction of sp³-hybridized carbons (Fsp3) is 0.957. The molecule has 0 aromatic heterocycles. The topological polar surface area (TPSA) is 149 Å². The van der Waals surface area contributed by atoms with E-state index in [1.54, 1.807) is 6.08 Å². The van der Waals surface area contributed by atoms with E-state index in [4.69, 9.17) is 9.47 Å². The van der Waals surface area contributed by atoms with Gasteiger partial charge in [-0.25, -0.2) is 0 Å². The highest BCUT2D eigenvalue weighted by Crippen LogP contribution is 2.24. The molecule has 0 aliphatic carbocycles. The van der Waals surface area contributed by atoms with E-state index >= 15 is 0 Å². The molecule has 1 saturated heterocycles. The summed E-state index contributed by atoms with van der Waals surface area (Å²) in [5, 5.41) is 54.7. The third-order valence-electron chi connectivity index (χ3n) is 17.4. The first-order valence-electron chi connectivity index (χ1n) is 35.4. The van der Waals surface area contributed by atoms with Crippen LogP contribution in [0, 0.1) is 0 Å². The summed E-state index contributed by atoms with van der Waals surface area (Å²) in [6.45, 7) is 3.84. The highest BCUT2D eigenvalue weighted by molar-refractivity contribution is 5.76. The molecular weight excluding hydrogens is 983 g/mol. The minimum absolute atomic E-state index is 0.167. The molecular formula is C70H137NO8. The quantitative estimate of drug-likeness (QED) is 0.0261. The summed E-state index contributed by atoms with van der Waals surface area (Å²) in [5.74, 6) is -0.167. The van der Waals surface area contributed by atoms with Crippen LogP contribution in [0.5, 0.6) is 0 Å². The molecule has 7 atom stereocenters. The lowest BCUT2D eigenvalue weighted by Gasteiger charge is -2.40. The van der Waals surface area contributed by atoms with Gasteiger partial charge in [-0.05, 0) is 19.3 Å². The Labute approximate surface area is 490 Å². The van der Waals surface area contributed by atoms with Crippen LogP contribution in [0.2, 0.25) is 0 Å². The smallest absolute Gasteiger partial charge is 0.220 e. The number of nitrogens with one attached hydrogen (secondary N) is 1. The number of hydrogen-bond donors (Lipinski definition) is 6. The van der Waals surface area contributed by atoms with E-state index in [9.17, 15) is 30.3 Å². The van der Waals surface area contributed by atoms with E-state index in [-0.39, 0.29) is 12.5 Å². The van der Waals surface area contributed by atoms with Gasteiger partial charge in [0.15, 0.2) is 6.29 Å². The fourth-order valence-electron chi connectivity index (χ4n) is 11.8. The molecule has 9 nitrogen and oxygen atoms in total. The van der Waals surface area contributed by atoms with E-state index < -0.39 is 49.5 Å². The molecule has 1 heterocycles. The lowest BCUT2D eigenvalue weighted by Crippen LogP contribution is -2.60. The summed E-state index contributed by atoms with van der Waals surface area (Å²) in [7, 11) is 0. The zero-order chi connectivity index (χ0) is 57.2. The standard InChI is InChI=1S/C70H137NO8/c1-3-5-7-9-11-13-15-17-19-21-23-25-26-27-28-29-30-31-32-33-34-35-36-37-38-39-40-42-44-46-48-50-52-54-56-58-60-66(74)71-63(62-78-70-69(77)68(76)67(75)65(61-72)79-70)64(73)59-57-55-53-51-49-47-45-43-41-24-22-20-18-16-14-12-10-8-6-4-2/h57,59,63-65,67-70,72-73,75-77H,3-56,58,60-62H2,1-2H3,(H,71,74)/b59-57+. The third-order valence-corrected chi connectivity index (χ3v) is 17.4. The Morgan fingerprint density at radius 3 is 0.987 bits per heavy atom. The first-order valence-corrected chi connectivity index (χ1v) is 35.4. The average Bonchev–Trinajstić information content (AvgIpc) is 3.47. The van der Waals surface area contributed by atoms with Crippen LogP contribution in [-0.4, -0.2) is 87.5 Å². The summed E-state index contributed by atoms with van der Waals surface area (Å²) in [6.07, 6.45) is 70.5. The summed E-state index contributed by atoms with van der Waals surface area (Å²) in [4.78, 5) is 13.1. The number of ether oxygens (including phenoxy) is 2. The Bertz CT molecular complexity index is 1250. The Hall–Kier alpha value is -1.07. The van der Waals surface area contributed by atoms with Gasteiger partial charge in [0.05, 0.1) is 25.4 Å². The maximum atomic E-state index is 13.1. The van der Waals surface area contributed by atoms with Gasteiger partial charge in [-0.2, -0.15) is 0 Å². The lowest BCUT2D eigenvalue weighted by atomic mass is 9.99. The van der Waals surface area contributed by atoms with Crippen molar-refractivity contribution in [1.29, 1.82) is 0 Å². The first-order chi connectivity index (χ1) is 38.8. The number of carbonyl (C=O) groups excluding carboxylic acids is 1. The van der Waals surface area contributed by atoms with Crippen LogP contribution in [0.1, 0.15) is 373 Å². The number of allylic oxidation sites excluding steroid dienone is 1. The Balaban J connectivity index is 2.06. The van der Waals surface area contributed by atoms with Gasteiger partial charge >= 0.3 is 0 Å². The van der Waals surface area contributed by atoms with Crippen molar-refractivity contribution in [2.75, 3.05) is 13.2 Å². The van der Waals surface area contributed by atoms with E-state index in [1.165, 1.54) is 315 Å². The maximum absolute atomic E-state index is 13.1. The van der Waals surface area contributed by atoms with Gasteiger partial charge in [0, 0.05) is 6.42 Å². The highest BCUT2D eigenvalue weighted by atomic mass is 16.7. The van der Waals surface area contributed by atoms with Crippen LogP contribution in [0.3, 0.4) is 0 Å². The molecule has 1 aliphatic heterocycles. The normalized spacial score (nSPS) is 18.5. The molecule has 0 aromatic carbocycles. The van der Waals surface area contributed by atoms with Crippen LogP contribution in [0.15, 0.2) is 12.2 Å². The molecule has 0 radical (unpaired) electrons. The number of hydrogen-bond acceptors (Lipinski definition) is 8. The van der Waals surface area contributed by atoms with Crippen LogP contribution >= 0.6 is 0 Å². The fourth-order valence-corrected chi connectivity index (χ4v) is 11.8. The zero-order valence-electron chi connectivity index (χ0n) is 52.7. The first kappa shape index (κ1) is 75.9. The van der Waals surface area contributed by atoms with Crippen LogP contribution < -0.4 is 5.32 Å². The molecule has 0 aromatic rings. The Morgan fingerprint density at radius 1 is 0.418 bits per heavy atom. The Kier molecular flexibility index (Phi) is 57.7. The van der Waals surface area contributed by atoms with Crippen molar-refractivity contribution in [3.8, 4) is 0 Å². The molecule has 1 fully saturated rings. The van der Waals surface area contributed by atoms with E-state index in [1.807, 2.05) is 6.08 Å². The van der Waals surface area contributed by atoms with Crippen LogP contribution in [0.25, 0.3) is 0 Å². The predicted molar refractivity (Wildman–Crippen MR) is 337 cm³/mol. The van der Waals surface area contributed by atoms with Gasteiger partial charge in [-0.3, -0.25) is 4.79 Å². The molecule has 9 heteroatoms. The molecule has 1 rings (SSSR count). The molecule has 79 heavy (non-hydrogen) atoms. The molecule has 1 amide bonds. The van der Waals surface area contributed by atoms with Gasteiger partial charge in [0.1, 0.15) is 24.4 Å². The molecule has 1 aliphatic rings. The van der Waals surface area contributed by atoms with Gasteiger partial charge in [-0.1, -0.05) is 360 Å². The van der Waals surface area contributed by atoms with Gasteiger partial charge in [-0.15, -0.1) is 0 Å². The number of rotatable bonds is 63. The zero-order valence-corrected chi connectivity index (χ0v) is 52.7. The summed E-state index contributed by atoms with van der Waals surface area (Å²) in [6, 6.07) is -0.802. The number of aliphatic hydroxyl groups is 5. The monoisotopic (exact) mass is 1120 g/mol. The number of aliphatic hydroxyl groups excluding tert-OH is 5. The van der Waals surface area contributed by atoms with Crippen molar-refractivity contribution in [1.82, 2.24) is 5.32 Å². The SMILES string of the molecule is CCCCCCCCCCCCCCCCCCCC/C=C/C(O)C(COC1OC(CO)C(O)C(O)C1O)NC(=O)CCCCCCCCCCCCCCCCCCCCCCCCCCCCCCCCCCCCCC. The maximum Gasteiger partial charge on any atom is 0.220 e. The summed E-state index contributed by atoms with van der Waals surface area (Å²) < 4.78 is 11.3. The molecule has 0 bridgehead atoms. The molecule has 6 N–H and O–H groups in total. The molecule has 0 saturated carbocycles. The van der Waals surface area contributed by atoms with Gasteiger partial charge in [0.2, 0.25) is 5.91 Å². The minimum atomic E-state index is -1.56. The van der Waals surface area contributed by atoms with Crippen LogP contribution in [-0.2, 0) is 14.3 Å². The average molecular weight is 1120 g/mol. The van der Waals surface area contributed by atoms with Crippen molar-refractivity contribution >= 4 is 5.91 Å². The number of carbonyl (C=O) groups is 1. The molecule has 7 unspecified atom stereocenters.